The number of rotatable bonds is 4. The van der Waals surface area contributed by atoms with Crippen LogP contribution in [0.15, 0.2) is 42.5 Å². The summed E-state index contributed by atoms with van der Waals surface area (Å²) in [5, 5.41) is 9.82. The van der Waals surface area contributed by atoms with Crippen molar-refractivity contribution in [1.82, 2.24) is 4.90 Å². The largest absolute Gasteiger partial charge is 0.508 e. The molecule has 0 amide bonds. The molecule has 110 valence electrons. The van der Waals surface area contributed by atoms with Crippen LogP contribution in [0.2, 0.25) is 0 Å². The average Bonchev–Trinajstić information content (AvgIpc) is 2.49. The summed E-state index contributed by atoms with van der Waals surface area (Å²) in [7, 11) is 2.03. The minimum Gasteiger partial charge on any atom is -0.508 e. The summed E-state index contributed by atoms with van der Waals surface area (Å²) < 4.78 is 11.1. The fourth-order valence-electron chi connectivity index (χ4n) is 2.49. The summed E-state index contributed by atoms with van der Waals surface area (Å²) in [6, 6.07) is 13.5. The van der Waals surface area contributed by atoms with E-state index in [-0.39, 0.29) is 0 Å². The Labute approximate surface area is 124 Å². The molecule has 0 unspecified atom stereocenters. The number of hydrogen-bond donors (Lipinski definition) is 1. The van der Waals surface area contributed by atoms with Crippen molar-refractivity contribution in [3.05, 3.63) is 53.6 Å². The number of para-hydroxylation sites is 1. The zero-order valence-electron chi connectivity index (χ0n) is 12.1. The van der Waals surface area contributed by atoms with Crippen LogP contribution in [0.5, 0.6) is 17.2 Å². The number of aromatic hydroxyl groups is 1. The van der Waals surface area contributed by atoms with Crippen LogP contribution in [-0.2, 0) is 13.1 Å². The molecule has 0 atom stereocenters. The van der Waals surface area contributed by atoms with Gasteiger partial charge >= 0.3 is 0 Å². The highest BCUT2D eigenvalue weighted by molar-refractivity contribution is 5.43. The predicted molar refractivity (Wildman–Crippen MR) is 80.7 cm³/mol. The maximum absolute atomic E-state index is 9.82. The molecule has 0 spiro atoms. The van der Waals surface area contributed by atoms with Crippen LogP contribution in [-0.4, -0.2) is 30.3 Å². The second-order valence-corrected chi connectivity index (χ2v) is 5.28. The molecule has 0 bridgehead atoms. The van der Waals surface area contributed by atoms with Crippen LogP contribution in [0.4, 0.5) is 0 Å². The Morgan fingerprint density at radius 3 is 2.57 bits per heavy atom. The summed E-state index contributed by atoms with van der Waals surface area (Å²) >= 11 is 0. The first kappa shape index (κ1) is 13.8. The van der Waals surface area contributed by atoms with E-state index in [4.69, 9.17) is 9.47 Å². The highest BCUT2D eigenvalue weighted by Gasteiger charge is 2.12. The average molecular weight is 285 g/mol. The first-order valence-electron chi connectivity index (χ1n) is 7.06. The van der Waals surface area contributed by atoms with E-state index < -0.39 is 0 Å². The van der Waals surface area contributed by atoms with E-state index in [0.717, 1.165) is 29.2 Å². The SMILES string of the molecule is CN(Cc1ccc2c(c1)OCCO2)Cc1ccccc1O. The molecule has 0 saturated carbocycles. The molecule has 4 nitrogen and oxygen atoms in total. The van der Waals surface area contributed by atoms with Crippen molar-refractivity contribution in [3.63, 3.8) is 0 Å². The van der Waals surface area contributed by atoms with Gasteiger partial charge in [0.2, 0.25) is 0 Å². The number of ether oxygens (including phenoxy) is 2. The van der Waals surface area contributed by atoms with Gasteiger partial charge in [-0.05, 0) is 30.8 Å². The van der Waals surface area contributed by atoms with E-state index in [1.807, 2.05) is 37.4 Å². The van der Waals surface area contributed by atoms with Crippen LogP contribution in [0.25, 0.3) is 0 Å². The lowest BCUT2D eigenvalue weighted by atomic mass is 10.1. The van der Waals surface area contributed by atoms with E-state index in [2.05, 4.69) is 11.0 Å². The molecular weight excluding hydrogens is 266 g/mol. The molecule has 2 aromatic carbocycles. The van der Waals surface area contributed by atoms with E-state index >= 15 is 0 Å². The van der Waals surface area contributed by atoms with Gasteiger partial charge in [-0.1, -0.05) is 24.3 Å². The van der Waals surface area contributed by atoms with Gasteiger partial charge in [0.15, 0.2) is 11.5 Å². The Morgan fingerprint density at radius 1 is 1.00 bits per heavy atom. The topological polar surface area (TPSA) is 41.9 Å². The van der Waals surface area contributed by atoms with Gasteiger partial charge in [0.05, 0.1) is 0 Å². The van der Waals surface area contributed by atoms with Gasteiger partial charge in [0.25, 0.3) is 0 Å². The van der Waals surface area contributed by atoms with Gasteiger partial charge < -0.3 is 14.6 Å². The van der Waals surface area contributed by atoms with Gasteiger partial charge in [-0.25, -0.2) is 0 Å². The lowest BCUT2D eigenvalue weighted by Crippen LogP contribution is -2.18. The van der Waals surface area contributed by atoms with Crippen LogP contribution < -0.4 is 9.47 Å². The zero-order valence-corrected chi connectivity index (χ0v) is 12.1. The van der Waals surface area contributed by atoms with Gasteiger partial charge in [-0.2, -0.15) is 0 Å². The standard InChI is InChI=1S/C17H19NO3/c1-18(12-14-4-2-3-5-15(14)19)11-13-6-7-16-17(10-13)21-9-8-20-16/h2-7,10,19H,8-9,11-12H2,1H3. The van der Waals surface area contributed by atoms with Crippen molar-refractivity contribution in [2.75, 3.05) is 20.3 Å². The second kappa shape index (κ2) is 6.06. The van der Waals surface area contributed by atoms with Gasteiger partial charge in [0, 0.05) is 18.7 Å². The number of nitrogens with zero attached hydrogens (tertiary/aromatic N) is 1. The highest BCUT2D eigenvalue weighted by atomic mass is 16.6. The minimum absolute atomic E-state index is 0.339. The Hall–Kier alpha value is -2.20. The summed E-state index contributed by atoms with van der Waals surface area (Å²) in [6.45, 7) is 2.69. The normalized spacial score (nSPS) is 13.4. The van der Waals surface area contributed by atoms with Gasteiger partial charge in [-0.3, -0.25) is 4.90 Å². The number of phenolic OH excluding ortho intramolecular Hbond substituents is 1. The summed E-state index contributed by atoms with van der Waals surface area (Å²) in [6.07, 6.45) is 0. The zero-order chi connectivity index (χ0) is 14.7. The van der Waals surface area contributed by atoms with Crippen molar-refractivity contribution < 1.29 is 14.6 Å². The third kappa shape index (κ3) is 3.28. The van der Waals surface area contributed by atoms with Crippen molar-refractivity contribution in [3.8, 4) is 17.2 Å². The van der Waals surface area contributed by atoms with Crippen molar-refractivity contribution >= 4 is 0 Å². The van der Waals surface area contributed by atoms with Crippen molar-refractivity contribution in [2.24, 2.45) is 0 Å². The van der Waals surface area contributed by atoms with E-state index in [1.165, 1.54) is 0 Å². The number of benzene rings is 2. The molecular formula is C17H19NO3. The maximum atomic E-state index is 9.82. The third-order valence-electron chi connectivity index (χ3n) is 3.49. The van der Waals surface area contributed by atoms with E-state index in [9.17, 15) is 5.11 Å². The molecule has 3 rings (SSSR count). The summed E-state index contributed by atoms with van der Waals surface area (Å²) in [5.74, 6) is 1.97. The van der Waals surface area contributed by atoms with Crippen molar-refractivity contribution in [2.45, 2.75) is 13.1 Å². The quantitative estimate of drug-likeness (QED) is 0.938. The molecule has 0 radical (unpaired) electrons. The van der Waals surface area contributed by atoms with Crippen LogP contribution in [0.3, 0.4) is 0 Å². The Morgan fingerprint density at radius 2 is 1.76 bits per heavy atom. The fourth-order valence-corrected chi connectivity index (χ4v) is 2.49. The Bertz CT molecular complexity index is 627. The number of hydrogen-bond acceptors (Lipinski definition) is 4. The minimum atomic E-state index is 0.339. The lowest BCUT2D eigenvalue weighted by molar-refractivity contribution is 0.171. The van der Waals surface area contributed by atoms with E-state index in [0.29, 0.717) is 25.5 Å². The molecule has 0 aliphatic carbocycles. The molecule has 0 fully saturated rings. The van der Waals surface area contributed by atoms with Crippen LogP contribution in [0.1, 0.15) is 11.1 Å². The predicted octanol–water partition coefficient (Wildman–Crippen LogP) is 2.80. The molecule has 1 heterocycles. The monoisotopic (exact) mass is 285 g/mol. The Kier molecular flexibility index (Phi) is 3.97. The van der Waals surface area contributed by atoms with Gasteiger partial charge in [0.1, 0.15) is 19.0 Å². The lowest BCUT2D eigenvalue weighted by Gasteiger charge is -2.21. The van der Waals surface area contributed by atoms with Crippen LogP contribution in [0, 0.1) is 0 Å². The second-order valence-electron chi connectivity index (χ2n) is 5.28. The number of fused-ring (bicyclic) bond motifs is 1. The molecule has 4 heteroatoms. The molecule has 1 N–H and O–H groups in total. The fraction of sp³-hybridized carbons (Fsp3) is 0.294. The molecule has 21 heavy (non-hydrogen) atoms. The Balaban J connectivity index is 1.67. The molecule has 0 aromatic heterocycles. The van der Waals surface area contributed by atoms with Gasteiger partial charge in [-0.15, -0.1) is 0 Å². The first-order chi connectivity index (χ1) is 10.2. The first-order valence-corrected chi connectivity index (χ1v) is 7.06. The van der Waals surface area contributed by atoms with E-state index in [1.54, 1.807) is 6.07 Å². The smallest absolute Gasteiger partial charge is 0.161 e. The molecule has 1 aliphatic rings. The van der Waals surface area contributed by atoms with Crippen molar-refractivity contribution in [1.29, 1.82) is 0 Å². The molecule has 2 aromatic rings. The number of phenols is 1. The summed E-state index contributed by atoms with van der Waals surface area (Å²) in [4.78, 5) is 2.15. The molecule has 0 saturated heterocycles. The molecule has 1 aliphatic heterocycles. The third-order valence-corrected chi connectivity index (χ3v) is 3.49. The summed E-state index contributed by atoms with van der Waals surface area (Å²) in [5.41, 5.74) is 2.09. The maximum Gasteiger partial charge on any atom is 0.161 e. The van der Waals surface area contributed by atoms with Crippen LogP contribution >= 0.6 is 0 Å². The highest BCUT2D eigenvalue weighted by Crippen LogP contribution is 2.31.